The number of morpholine rings is 1. The largest absolute Gasteiger partial charge is 0.493 e. The molecule has 1 amide bonds. The van der Waals surface area contributed by atoms with Gasteiger partial charge in [0.25, 0.3) is 11.5 Å². The second-order valence-electron chi connectivity index (χ2n) is 8.94. The van der Waals surface area contributed by atoms with Crippen molar-refractivity contribution < 1.29 is 23.4 Å². The molecule has 10 heteroatoms. The molecule has 0 bridgehead atoms. The van der Waals surface area contributed by atoms with Gasteiger partial charge in [-0.1, -0.05) is 0 Å². The number of aryl methyl sites for hydroxylation is 1. The number of nitrogens with one attached hydrogen (secondary N) is 1. The zero-order valence-corrected chi connectivity index (χ0v) is 19.9. The third kappa shape index (κ3) is 4.07. The van der Waals surface area contributed by atoms with Crippen molar-refractivity contribution in [2.24, 2.45) is 0 Å². The third-order valence-corrected chi connectivity index (χ3v) is 6.94. The molecule has 35 heavy (non-hydrogen) atoms. The van der Waals surface area contributed by atoms with Crippen LogP contribution in [0, 0.1) is 12.7 Å². The predicted molar refractivity (Wildman–Crippen MR) is 129 cm³/mol. The van der Waals surface area contributed by atoms with Gasteiger partial charge < -0.3 is 29.0 Å². The zero-order chi connectivity index (χ0) is 24.7. The molecule has 2 saturated heterocycles. The lowest BCUT2D eigenvalue weighted by atomic mass is 9.89. The van der Waals surface area contributed by atoms with Gasteiger partial charge in [0.1, 0.15) is 12.4 Å². The molecule has 2 aliphatic rings. The first-order chi connectivity index (χ1) is 16.8. The number of ether oxygens (including phenoxy) is 3. The van der Waals surface area contributed by atoms with Gasteiger partial charge in [0.15, 0.2) is 11.5 Å². The van der Waals surface area contributed by atoms with Gasteiger partial charge in [-0.25, -0.2) is 4.39 Å². The summed E-state index contributed by atoms with van der Waals surface area (Å²) in [6, 6.07) is 7.66. The summed E-state index contributed by atoms with van der Waals surface area (Å²) < 4.78 is 30.2. The maximum atomic E-state index is 13.4. The van der Waals surface area contributed by atoms with Crippen LogP contribution in [0.1, 0.15) is 18.4 Å². The van der Waals surface area contributed by atoms with Crippen LogP contribution in [-0.2, 0) is 9.53 Å². The molecule has 9 nitrogen and oxygen atoms in total. The first kappa shape index (κ1) is 23.1. The second-order valence-corrected chi connectivity index (χ2v) is 8.94. The number of amides is 1. The van der Waals surface area contributed by atoms with Gasteiger partial charge in [-0.3, -0.25) is 9.59 Å². The topological polar surface area (TPSA) is 97.0 Å². The Morgan fingerprint density at radius 3 is 2.49 bits per heavy atom. The van der Waals surface area contributed by atoms with Crippen LogP contribution >= 0.6 is 0 Å². The summed E-state index contributed by atoms with van der Waals surface area (Å²) in [7, 11) is 3.09. The summed E-state index contributed by atoms with van der Waals surface area (Å²) in [6.07, 6.45) is 1.29. The van der Waals surface area contributed by atoms with Crippen molar-refractivity contribution in [3.63, 3.8) is 0 Å². The second kappa shape index (κ2) is 8.84. The van der Waals surface area contributed by atoms with Crippen molar-refractivity contribution >= 4 is 28.4 Å². The van der Waals surface area contributed by atoms with Crippen molar-refractivity contribution in [2.45, 2.75) is 25.4 Å². The number of anilines is 2. The van der Waals surface area contributed by atoms with Crippen molar-refractivity contribution in [1.82, 2.24) is 9.97 Å². The van der Waals surface area contributed by atoms with Gasteiger partial charge in [-0.2, -0.15) is 4.98 Å². The molecule has 2 aliphatic heterocycles. The molecule has 0 radical (unpaired) electrons. The molecule has 3 heterocycles. The number of carbonyl (C=O) groups is 1. The molecule has 0 saturated carbocycles. The van der Waals surface area contributed by atoms with Crippen molar-refractivity contribution in [3.05, 3.63) is 52.1 Å². The minimum atomic E-state index is -0.511. The summed E-state index contributed by atoms with van der Waals surface area (Å²) >= 11 is 0. The number of nitrogens with zero attached hydrogens (tertiary/aromatic N) is 3. The highest BCUT2D eigenvalue weighted by molar-refractivity contribution is 5.95. The first-order valence-corrected chi connectivity index (χ1v) is 11.4. The number of hydrogen-bond acceptors (Lipinski definition) is 7. The highest BCUT2D eigenvalue weighted by atomic mass is 19.1. The van der Waals surface area contributed by atoms with Gasteiger partial charge >= 0.3 is 0 Å². The Balaban J connectivity index is 1.38. The van der Waals surface area contributed by atoms with Crippen LogP contribution < -0.4 is 24.8 Å². The molecule has 1 spiro atoms. The fraction of sp³-hybridized carbons (Fsp3) is 0.400. The van der Waals surface area contributed by atoms with Crippen molar-refractivity contribution in [3.8, 4) is 11.5 Å². The molecule has 0 unspecified atom stereocenters. The molecular formula is C25H27FN4O5. The molecule has 1 N–H and O–H groups in total. The summed E-state index contributed by atoms with van der Waals surface area (Å²) in [5, 5.41) is 0.462. The first-order valence-electron chi connectivity index (χ1n) is 11.4. The SMILES string of the molecule is COc1cc2[nH]c(N3CCC4(CC3)CN(c3ccc(F)cc3)C(=O)CO4)nc(=O)c2c(C)c1OC. The number of hydrogen-bond donors (Lipinski definition) is 1. The Kier molecular flexibility index (Phi) is 5.84. The highest BCUT2D eigenvalue weighted by Gasteiger charge is 2.43. The average Bonchev–Trinajstić information content (AvgIpc) is 2.86. The maximum Gasteiger partial charge on any atom is 0.282 e. The Morgan fingerprint density at radius 1 is 1.11 bits per heavy atom. The standard InChI is InChI=1S/C25H27FN4O5/c1-15-21-18(12-19(33-2)22(15)34-3)27-24(28-23(21)32)29-10-8-25(9-11-29)14-30(20(31)13-35-25)17-6-4-16(26)5-7-17/h4-7,12H,8-11,13-14H2,1-3H3,(H,27,28,32). The number of aromatic amines is 1. The van der Waals surface area contributed by atoms with Crippen LogP contribution in [0.5, 0.6) is 11.5 Å². The predicted octanol–water partition coefficient (Wildman–Crippen LogP) is 2.79. The highest BCUT2D eigenvalue weighted by Crippen LogP contribution is 2.36. The van der Waals surface area contributed by atoms with Crippen molar-refractivity contribution in [2.75, 3.05) is 50.3 Å². The maximum absolute atomic E-state index is 13.4. The molecule has 2 fully saturated rings. The lowest BCUT2D eigenvalue weighted by Gasteiger charge is -2.47. The van der Waals surface area contributed by atoms with E-state index in [-0.39, 0.29) is 23.9 Å². The van der Waals surface area contributed by atoms with Crippen LogP contribution in [0.4, 0.5) is 16.0 Å². The van der Waals surface area contributed by atoms with Crippen LogP contribution in [0.2, 0.25) is 0 Å². The molecule has 0 aliphatic carbocycles. The van der Waals surface area contributed by atoms with Gasteiger partial charge in [-0.15, -0.1) is 0 Å². The molecule has 5 rings (SSSR count). The number of aromatic nitrogens is 2. The van der Waals surface area contributed by atoms with E-state index in [0.717, 1.165) is 0 Å². The average molecular weight is 483 g/mol. The lowest BCUT2D eigenvalue weighted by molar-refractivity contribution is -0.141. The van der Waals surface area contributed by atoms with E-state index in [2.05, 4.69) is 9.97 Å². The number of carbonyl (C=O) groups excluding carboxylic acids is 1. The van der Waals surface area contributed by atoms with E-state index in [1.165, 1.54) is 19.2 Å². The molecule has 1 aromatic heterocycles. The van der Waals surface area contributed by atoms with E-state index >= 15 is 0 Å². The zero-order valence-electron chi connectivity index (χ0n) is 19.9. The number of methoxy groups -OCH3 is 2. The number of benzene rings is 2. The summed E-state index contributed by atoms with van der Waals surface area (Å²) in [4.78, 5) is 36.7. The molecule has 2 aromatic carbocycles. The van der Waals surface area contributed by atoms with Gasteiger partial charge in [-0.05, 0) is 44.0 Å². The number of halogens is 1. The van der Waals surface area contributed by atoms with E-state index in [0.29, 0.717) is 72.1 Å². The quantitative estimate of drug-likeness (QED) is 0.611. The van der Waals surface area contributed by atoms with E-state index < -0.39 is 5.60 Å². The minimum Gasteiger partial charge on any atom is -0.493 e. The summed E-state index contributed by atoms with van der Waals surface area (Å²) in [5.41, 5.74) is 1.10. The third-order valence-electron chi connectivity index (χ3n) is 6.94. The van der Waals surface area contributed by atoms with E-state index in [4.69, 9.17) is 14.2 Å². The molecule has 184 valence electrons. The Hall–Kier alpha value is -3.66. The Labute approximate surface area is 201 Å². The Morgan fingerprint density at radius 2 is 1.83 bits per heavy atom. The van der Waals surface area contributed by atoms with Crippen LogP contribution in [0.25, 0.3) is 10.9 Å². The van der Waals surface area contributed by atoms with Crippen LogP contribution in [0.3, 0.4) is 0 Å². The smallest absolute Gasteiger partial charge is 0.282 e. The fourth-order valence-corrected chi connectivity index (χ4v) is 5.00. The number of rotatable bonds is 4. The van der Waals surface area contributed by atoms with Crippen LogP contribution in [0.15, 0.2) is 35.1 Å². The van der Waals surface area contributed by atoms with Crippen LogP contribution in [-0.4, -0.2) is 61.9 Å². The number of fused-ring (bicyclic) bond motifs is 1. The Bertz CT molecular complexity index is 1330. The minimum absolute atomic E-state index is 0.0245. The van der Waals surface area contributed by atoms with E-state index in [1.807, 2.05) is 4.90 Å². The van der Waals surface area contributed by atoms with Gasteiger partial charge in [0, 0.05) is 30.4 Å². The monoisotopic (exact) mass is 482 g/mol. The lowest BCUT2D eigenvalue weighted by Crippen LogP contribution is -2.59. The van der Waals surface area contributed by atoms with E-state index in [1.54, 1.807) is 37.1 Å². The summed E-state index contributed by atoms with van der Waals surface area (Å²) in [5.74, 6) is 1.02. The number of piperidine rings is 1. The normalized spacial score (nSPS) is 17.8. The summed E-state index contributed by atoms with van der Waals surface area (Å²) in [6.45, 7) is 3.35. The fourth-order valence-electron chi connectivity index (χ4n) is 5.00. The molecule has 3 aromatic rings. The van der Waals surface area contributed by atoms with Crippen molar-refractivity contribution in [1.29, 1.82) is 0 Å². The van der Waals surface area contributed by atoms with Gasteiger partial charge in [0.2, 0.25) is 5.95 Å². The molecular weight excluding hydrogens is 455 g/mol. The van der Waals surface area contributed by atoms with Gasteiger partial charge in [0.05, 0.1) is 37.3 Å². The number of H-pyrrole nitrogens is 1. The molecule has 0 atom stereocenters. The van der Waals surface area contributed by atoms with E-state index in [9.17, 15) is 14.0 Å².